The van der Waals surface area contributed by atoms with Crippen molar-refractivity contribution in [3.05, 3.63) is 0 Å². The molecule has 0 spiro atoms. The van der Waals surface area contributed by atoms with Crippen molar-refractivity contribution in [2.45, 2.75) is 31.8 Å². The standard InChI is InChI=1S/C16H26N2O5/c1-22-11-16(14(19)20)4-6-17(7-5-16)15(21)18-8-9-23-13(10-18)12-2-3-12/h12-13H,2-11H2,1H3,(H,19,20). The van der Waals surface area contributed by atoms with Gasteiger partial charge in [-0.25, -0.2) is 4.79 Å². The molecule has 2 amide bonds. The van der Waals surface area contributed by atoms with Crippen LogP contribution in [0.5, 0.6) is 0 Å². The summed E-state index contributed by atoms with van der Waals surface area (Å²) in [6.45, 7) is 3.04. The lowest BCUT2D eigenvalue weighted by atomic mass is 9.79. The first-order valence-electron chi connectivity index (χ1n) is 8.43. The number of carbonyl (C=O) groups excluding carboxylic acids is 1. The number of methoxy groups -OCH3 is 1. The number of likely N-dealkylation sites (tertiary alicyclic amines) is 1. The third kappa shape index (κ3) is 3.45. The molecular weight excluding hydrogens is 300 g/mol. The molecule has 0 radical (unpaired) electrons. The summed E-state index contributed by atoms with van der Waals surface area (Å²) < 4.78 is 10.9. The summed E-state index contributed by atoms with van der Waals surface area (Å²) in [5.41, 5.74) is -0.854. The number of rotatable bonds is 4. The number of hydrogen-bond donors (Lipinski definition) is 1. The number of aliphatic carboxylic acids is 1. The average Bonchev–Trinajstić information content (AvgIpc) is 3.40. The maximum atomic E-state index is 12.7. The second kappa shape index (κ2) is 6.65. The lowest BCUT2D eigenvalue weighted by Crippen LogP contribution is -2.55. The molecule has 1 unspecified atom stereocenters. The van der Waals surface area contributed by atoms with Crippen molar-refractivity contribution in [1.82, 2.24) is 9.80 Å². The fourth-order valence-electron chi connectivity index (χ4n) is 3.62. The van der Waals surface area contributed by atoms with E-state index < -0.39 is 11.4 Å². The molecular formula is C16H26N2O5. The first kappa shape index (κ1) is 16.5. The highest BCUT2D eigenvalue weighted by molar-refractivity contribution is 5.77. The first-order valence-corrected chi connectivity index (χ1v) is 8.43. The van der Waals surface area contributed by atoms with E-state index in [4.69, 9.17) is 9.47 Å². The minimum Gasteiger partial charge on any atom is -0.481 e. The molecule has 0 bridgehead atoms. The van der Waals surface area contributed by atoms with Gasteiger partial charge in [-0.15, -0.1) is 0 Å². The molecule has 3 rings (SSSR count). The molecule has 1 saturated carbocycles. The number of carboxylic acid groups (broad SMARTS) is 1. The molecule has 1 N–H and O–H groups in total. The molecule has 3 aliphatic rings. The van der Waals surface area contributed by atoms with Gasteiger partial charge in [0.25, 0.3) is 0 Å². The van der Waals surface area contributed by atoms with E-state index in [1.54, 1.807) is 4.90 Å². The van der Waals surface area contributed by atoms with Crippen LogP contribution in [0.2, 0.25) is 0 Å². The summed E-state index contributed by atoms with van der Waals surface area (Å²) in [6, 6.07) is 0.0235. The van der Waals surface area contributed by atoms with Crippen LogP contribution < -0.4 is 0 Å². The summed E-state index contributed by atoms with van der Waals surface area (Å²) in [5.74, 6) is -0.208. The number of nitrogens with zero attached hydrogens (tertiary/aromatic N) is 2. The maximum absolute atomic E-state index is 12.7. The molecule has 2 saturated heterocycles. The minimum absolute atomic E-state index is 0.0235. The van der Waals surface area contributed by atoms with Gasteiger partial charge in [-0.1, -0.05) is 0 Å². The van der Waals surface area contributed by atoms with Gasteiger partial charge in [-0.05, 0) is 31.6 Å². The minimum atomic E-state index is -0.854. The van der Waals surface area contributed by atoms with Gasteiger partial charge in [-0.3, -0.25) is 4.79 Å². The monoisotopic (exact) mass is 326 g/mol. The Morgan fingerprint density at radius 1 is 1.22 bits per heavy atom. The maximum Gasteiger partial charge on any atom is 0.320 e. The number of carboxylic acids is 1. The van der Waals surface area contributed by atoms with E-state index in [2.05, 4.69) is 0 Å². The van der Waals surface area contributed by atoms with Gasteiger partial charge >= 0.3 is 12.0 Å². The lowest BCUT2D eigenvalue weighted by molar-refractivity contribution is -0.155. The molecule has 2 heterocycles. The first-order chi connectivity index (χ1) is 11.1. The molecule has 1 atom stereocenters. The summed E-state index contributed by atoms with van der Waals surface area (Å²) in [6.07, 6.45) is 3.48. The largest absolute Gasteiger partial charge is 0.481 e. The molecule has 7 heteroatoms. The van der Waals surface area contributed by atoms with E-state index in [-0.39, 0.29) is 18.7 Å². The number of amides is 2. The van der Waals surface area contributed by atoms with Crippen LogP contribution in [0.25, 0.3) is 0 Å². The topological polar surface area (TPSA) is 79.3 Å². The zero-order chi connectivity index (χ0) is 16.4. The Bertz CT molecular complexity index is 457. The van der Waals surface area contributed by atoms with Crippen molar-refractivity contribution in [2.24, 2.45) is 11.3 Å². The number of carbonyl (C=O) groups is 2. The quantitative estimate of drug-likeness (QED) is 0.835. The molecule has 3 fully saturated rings. The SMILES string of the molecule is COCC1(C(=O)O)CCN(C(=O)N2CCOC(C3CC3)C2)CC1. The highest BCUT2D eigenvalue weighted by Crippen LogP contribution is 2.36. The van der Waals surface area contributed by atoms with Gasteiger partial charge < -0.3 is 24.4 Å². The second-order valence-corrected chi connectivity index (χ2v) is 6.98. The molecule has 1 aliphatic carbocycles. The van der Waals surface area contributed by atoms with Crippen LogP contribution in [0.3, 0.4) is 0 Å². The van der Waals surface area contributed by atoms with Crippen molar-refractivity contribution in [3.8, 4) is 0 Å². The fraction of sp³-hybridized carbons (Fsp3) is 0.875. The van der Waals surface area contributed by atoms with E-state index in [0.29, 0.717) is 51.5 Å². The number of piperidine rings is 1. The summed E-state index contributed by atoms with van der Waals surface area (Å²) in [4.78, 5) is 27.9. The smallest absolute Gasteiger partial charge is 0.320 e. The molecule has 0 aromatic carbocycles. The molecule has 2 aliphatic heterocycles. The van der Waals surface area contributed by atoms with Crippen LogP contribution in [0.1, 0.15) is 25.7 Å². The van der Waals surface area contributed by atoms with Crippen molar-refractivity contribution in [3.63, 3.8) is 0 Å². The van der Waals surface area contributed by atoms with E-state index in [1.807, 2.05) is 4.90 Å². The van der Waals surface area contributed by atoms with Crippen molar-refractivity contribution in [2.75, 3.05) is 46.5 Å². The predicted octanol–water partition coefficient (Wildman–Crippen LogP) is 1.03. The van der Waals surface area contributed by atoms with Crippen LogP contribution in [0, 0.1) is 11.3 Å². The Hall–Kier alpha value is -1.34. The van der Waals surface area contributed by atoms with E-state index in [1.165, 1.54) is 20.0 Å². The zero-order valence-electron chi connectivity index (χ0n) is 13.7. The fourth-order valence-corrected chi connectivity index (χ4v) is 3.62. The predicted molar refractivity (Wildman–Crippen MR) is 82.2 cm³/mol. The molecule has 23 heavy (non-hydrogen) atoms. The molecule has 0 aromatic heterocycles. The lowest BCUT2D eigenvalue weighted by Gasteiger charge is -2.42. The Labute approximate surface area is 136 Å². The van der Waals surface area contributed by atoms with Crippen LogP contribution >= 0.6 is 0 Å². The molecule has 7 nitrogen and oxygen atoms in total. The Morgan fingerprint density at radius 3 is 2.48 bits per heavy atom. The van der Waals surface area contributed by atoms with Gasteiger partial charge in [0.1, 0.15) is 0 Å². The summed E-state index contributed by atoms with van der Waals surface area (Å²) in [5, 5.41) is 9.49. The highest BCUT2D eigenvalue weighted by atomic mass is 16.5. The van der Waals surface area contributed by atoms with Gasteiger partial charge in [0.05, 0.1) is 24.7 Å². The number of hydrogen-bond acceptors (Lipinski definition) is 4. The highest BCUT2D eigenvalue weighted by Gasteiger charge is 2.44. The normalized spacial score (nSPS) is 27.8. The van der Waals surface area contributed by atoms with Crippen LogP contribution in [-0.4, -0.2) is 79.5 Å². The molecule has 0 aromatic rings. The summed E-state index contributed by atoms with van der Waals surface area (Å²) in [7, 11) is 1.52. The number of urea groups is 1. The number of morpholine rings is 1. The van der Waals surface area contributed by atoms with E-state index >= 15 is 0 Å². The van der Waals surface area contributed by atoms with E-state index in [9.17, 15) is 14.7 Å². The van der Waals surface area contributed by atoms with Crippen LogP contribution in [0.15, 0.2) is 0 Å². The third-order valence-corrected chi connectivity index (χ3v) is 5.38. The average molecular weight is 326 g/mol. The van der Waals surface area contributed by atoms with E-state index in [0.717, 1.165) is 0 Å². The second-order valence-electron chi connectivity index (χ2n) is 6.98. The summed E-state index contributed by atoms with van der Waals surface area (Å²) >= 11 is 0. The molecule has 130 valence electrons. The zero-order valence-corrected chi connectivity index (χ0v) is 13.7. The van der Waals surface area contributed by atoms with Gasteiger partial charge in [0.15, 0.2) is 0 Å². The van der Waals surface area contributed by atoms with Crippen molar-refractivity contribution >= 4 is 12.0 Å². The Morgan fingerprint density at radius 2 is 1.91 bits per heavy atom. The Balaban J connectivity index is 1.56. The van der Waals surface area contributed by atoms with Crippen molar-refractivity contribution in [1.29, 1.82) is 0 Å². The van der Waals surface area contributed by atoms with Crippen LogP contribution in [0.4, 0.5) is 4.79 Å². The van der Waals surface area contributed by atoms with Crippen molar-refractivity contribution < 1.29 is 24.2 Å². The van der Waals surface area contributed by atoms with Crippen LogP contribution in [-0.2, 0) is 14.3 Å². The van der Waals surface area contributed by atoms with Gasteiger partial charge in [-0.2, -0.15) is 0 Å². The third-order valence-electron chi connectivity index (χ3n) is 5.38. The van der Waals surface area contributed by atoms with Gasteiger partial charge in [0, 0.05) is 33.3 Å². The number of ether oxygens (including phenoxy) is 2. The Kier molecular flexibility index (Phi) is 4.77. The van der Waals surface area contributed by atoms with Gasteiger partial charge in [0.2, 0.25) is 0 Å².